The van der Waals surface area contributed by atoms with Gasteiger partial charge in [0.15, 0.2) is 0 Å². The monoisotopic (exact) mass is 358 g/mol. The molecule has 0 fully saturated rings. The summed E-state index contributed by atoms with van der Waals surface area (Å²) < 4.78 is 15.6. The Balaban J connectivity index is 2.97. The van der Waals surface area contributed by atoms with Crippen molar-refractivity contribution in [3.63, 3.8) is 0 Å². The van der Waals surface area contributed by atoms with Crippen molar-refractivity contribution in [2.75, 3.05) is 33.0 Å². The van der Waals surface area contributed by atoms with Crippen molar-refractivity contribution < 1.29 is 19.0 Å². The lowest BCUT2D eigenvalue weighted by molar-refractivity contribution is -0.142. The average Bonchev–Trinajstić information content (AvgIpc) is 2.60. The van der Waals surface area contributed by atoms with Crippen LogP contribution in [0.4, 0.5) is 0 Å². The van der Waals surface area contributed by atoms with Crippen LogP contribution < -0.4 is 0 Å². The minimum atomic E-state index is -0.262. The van der Waals surface area contributed by atoms with Gasteiger partial charge in [-0.3, -0.25) is 4.79 Å². The van der Waals surface area contributed by atoms with Crippen molar-refractivity contribution in [2.45, 2.75) is 97.3 Å². The molecule has 0 aromatic heterocycles. The molecule has 0 aliphatic carbocycles. The van der Waals surface area contributed by atoms with E-state index in [0.717, 1.165) is 13.0 Å². The summed E-state index contributed by atoms with van der Waals surface area (Å²) in [4.78, 5) is 10.5. The number of rotatable bonds is 20. The van der Waals surface area contributed by atoms with Gasteiger partial charge < -0.3 is 14.2 Å². The zero-order valence-corrected chi connectivity index (χ0v) is 16.9. The maximum absolute atomic E-state index is 10.5. The molecule has 0 radical (unpaired) electrons. The summed E-state index contributed by atoms with van der Waals surface area (Å²) in [5, 5.41) is 0. The topological polar surface area (TPSA) is 44.8 Å². The third kappa shape index (κ3) is 23.4. The molecule has 150 valence electrons. The van der Waals surface area contributed by atoms with E-state index in [-0.39, 0.29) is 5.97 Å². The molecule has 4 nitrogen and oxygen atoms in total. The van der Waals surface area contributed by atoms with E-state index < -0.39 is 0 Å². The van der Waals surface area contributed by atoms with E-state index in [0.29, 0.717) is 26.4 Å². The molecule has 0 N–H and O–H groups in total. The van der Waals surface area contributed by atoms with Crippen LogP contribution in [-0.2, 0) is 19.0 Å². The summed E-state index contributed by atoms with van der Waals surface area (Å²) in [6.45, 7) is 6.47. The van der Waals surface area contributed by atoms with Crippen molar-refractivity contribution in [3.8, 4) is 0 Å². The van der Waals surface area contributed by atoms with E-state index in [1.807, 2.05) is 0 Å². The lowest BCUT2D eigenvalue weighted by Gasteiger charge is -2.06. The quantitative estimate of drug-likeness (QED) is 0.208. The molecule has 0 rings (SSSR count). The van der Waals surface area contributed by atoms with Gasteiger partial charge in [-0.2, -0.15) is 0 Å². The fourth-order valence-corrected chi connectivity index (χ4v) is 2.79. The number of carbonyl (C=O) groups is 1. The number of hydrogen-bond acceptors (Lipinski definition) is 4. The fraction of sp³-hybridized carbons (Fsp3) is 0.952. The van der Waals surface area contributed by atoms with Crippen LogP contribution in [0.25, 0.3) is 0 Å². The van der Waals surface area contributed by atoms with Crippen molar-refractivity contribution in [3.05, 3.63) is 0 Å². The highest BCUT2D eigenvalue weighted by Crippen LogP contribution is 2.12. The maximum atomic E-state index is 10.5. The summed E-state index contributed by atoms with van der Waals surface area (Å²) in [5.74, 6) is -0.262. The number of carbonyl (C=O) groups excluding carboxylic acids is 1. The Bertz CT molecular complexity index is 269. The Hall–Kier alpha value is -0.610. The molecule has 0 unspecified atom stereocenters. The zero-order valence-electron chi connectivity index (χ0n) is 16.9. The molecule has 0 spiro atoms. The summed E-state index contributed by atoms with van der Waals surface area (Å²) in [5.41, 5.74) is 0. The van der Waals surface area contributed by atoms with Crippen LogP contribution in [0.15, 0.2) is 0 Å². The first kappa shape index (κ1) is 24.4. The van der Waals surface area contributed by atoms with E-state index in [2.05, 4.69) is 6.92 Å². The molecule has 0 aliphatic heterocycles. The Morgan fingerprint density at radius 2 is 0.960 bits per heavy atom. The van der Waals surface area contributed by atoms with E-state index in [4.69, 9.17) is 14.2 Å². The predicted molar refractivity (Wildman–Crippen MR) is 104 cm³/mol. The van der Waals surface area contributed by atoms with Gasteiger partial charge in [-0.05, 0) is 6.42 Å². The van der Waals surface area contributed by atoms with Crippen molar-refractivity contribution in [1.82, 2.24) is 0 Å². The van der Waals surface area contributed by atoms with Gasteiger partial charge >= 0.3 is 5.97 Å². The third-order valence-electron chi connectivity index (χ3n) is 4.30. The predicted octanol–water partition coefficient (Wildman–Crippen LogP) is 5.67. The molecule has 0 atom stereocenters. The van der Waals surface area contributed by atoms with Crippen LogP contribution in [0.3, 0.4) is 0 Å². The molecule has 0 aromatic carbocycles. The first-order valence-electron chi connectivity index (χ1n) is 10.6. The Kier molecular flexibility index (Phi) is 20.9. The minimum absolute atomic E-state index is 0.262. The van der Waals surface area contributed by atoms with Gasteiger partial charge in [-0.1, -0.05) is 84.0 Å². The van der Waals surface area contributed by atoms with Crippen LogP contribution in [0.2, 0.25) is 0 Å². The van der Waals surface area contributed by atoms with E-state index in [9.17, 15) is 4.79 Å². The van der Waals surface area contributed by atoms with Crippen LogP contribution in [0, 0.1) is 0 Å². The molecule has 0 heterocycles. The van der Waals surface area contributed by atoms with Gasteiger partial charge in [0.1, 0.15) is 6.61 Å². The highest BCUT2D eigenvalue weighted by atomic mass is 16.6. The summed E-state index contributed by atoms with van der Waals surface area (Å²) in [6.07, 6.45) is 17.8. The highest BCUT2D eigenvalue weighted by Gasteiger charge is 1.95. The SMILES string of the molecule is CCCCCCCCCCCCCCCOCCOCCOC(C)=O. The Labute approximate surface area is 156 Å². The van der Waals surface area contributed by atoms with Gasteiger partial charge in [0.2, 0.25) is 0 Å². The van der Waals surface area contributed by atoms with Gasteiger partial charge in [0.05, 0.1) is 19.8 Å². The maximum Gasteiger partial charge on any atom is 0.302 e. The zero-order chi connectivity index (χ0) is 18.4. The normalized spacial score (nSPS) is 11.0. The number of unbranched alkanes of at least 4 members (excludes halogenated alkanes) is 12. The standard InChI is InChI=1S/C21H42O4/c1-3-4-5-6-7-8-9-10-11-12-13-14-15-16-23-17-18-24-19-20-25-21(2)22/h3-20H2,1-2H3. The van der Waals surface area contributed by atoms with Crippen molar-refractivity contribution >= 4 is 5.97 Å². The summed E-state index contributed by atoms with van der Waals surface area (Å²) in [7, 11) is 0. The lowest BCUT2D eigenvalue weighted by atomic mass is 10.0. The molecule has 0 saturated heterocycles. The van der Waals surface area contributed by atoms with Gasteiger partial charge in [0, 0.05) is 13.5 Å². The molecule has 25 heavy (non-hydrogen) atoms. The number of ether oxygens (including phenoxy) is 3. The molecule has 4 heteroatoms. The second-order valence-corrected chi connectivity index (χ2v) is 6.81. The van der Waals surface area contributed by atoms with Gasteiger partial charge in [-0.15, -0.1) is 0 Å². The Morgan fingerprint density at radius 1 is 0.560 bits per heavy atom. The molecule has 0 aliphatic rings. The number of esters is 1. The highest BCUT2D eigenvalue weighted by molar-refractivity contribution is 5.65. The second kappa shape index (κ2) is 21.4. The van der Waals surface area contributed by atoms with E-state index in [1.54, 1.807) is 0 Å². The fourth-order valence-electron chi connectivity index (χ4n) is 2.79. The third-order valence-corrected chi connectivity index (χ3v) is 4.30. The second-order valence-electron chi connectivity index (χ2n) is 6.81. The first-order chi connectivity index (χ1) is 12.3. The van der Waals surface area contributed by atoms with Gasteiger partial charge in [-0.25, -0.2) is 0 Å². The number of hydrogen-bond donors (Lipinski definition) is 0. The summed E-state index contributed by atoms with van der Waals surface area (Å²) in [6, 6.07) is 0. The van der Waals surface area contributed by atoms with E-state index >= 15 is 0 Å². The molecule has 0 bridgehead atoms. The van der Waals surface area contributed by atoms with Crippen molar-refractivity contribution in [2.24, 2.45) is 0 Å². The van der Waals surface area contributed by atoms with Crippen LogP contribution in [0.1, 0.15) is 97.3 Å². The summed E-state index contributed by atoms with van der Waals surface area (Å²) >= 11 is 0. The van der Waals surface area contributed by atoms with E-state index in [1.165, 1.54) is 84.0 Å². The average molecular weight is 359 g/mol. The lowest BCUT2D eigenvalue weighted by Crippen LogP contribution is -2.11. The first-order valence-corrected chi connectivity index (χ1v) is 10.6. The van der Waals surface area contributed by atoms with Gasteiger partial charge in [0.25, 0.3) is 0 Å². The molecule has 0 aromatic rings. The molecule has 0 amide bonds. The molecule has 0 saturated carbocycles. The van der Waals surface area contributed by atoms with Crippen LogP contribution in [-0.4, -0.2) is 39.0 Å². The molecular weight excluding hydrogens is 316 g/mol. The Morgan fingerprint density at radius 3 is 1.44 bits per heavy atom. The molecular formula is C21H42O4. The largest absolute Gasteiger partial charge is 0.463 e. The van der Waals surface area contributed by atoms with Crippen molar-refractivity contribution in [1.29, 1.82) is 0 Å². The van der Waals surface area contributed by atoms with Crippen LogP contribution in [0.5, 0.6) is 0 Å². The smallest absolute Gasteiger partial charge is 0.302 e. The van der Waals surface area contributed by atoms with Crippen LogP contribution >= 0.6 is 0 Å². The minimum Gasteiger partial charge on any atom is -0.463 e.